The number of nitrogens with one attached hydrogen (secondary N) is 4. The second-order valence-electron chi connectivity index (χ2n) is 34.9. The Hall–Kier alpha value is -18.1. The molecule has 0 saturated heterocycles. The summed E-state index contributed by atoms with van der Waals surface area (Å²) in [5.74, 6) is 5.82. The van der Waals surface area contributed by atoms with Crippen LogP contribution in [0.3, 0.4) is 0 Å². The first-order valence-electron chi connectivity index (χ1n) is 45.0. The topological polar surface area (TPSA) is 363 Å². The van der Waals surface area contributed by atoms with Crippen molar-refractivity contribution in [3.63, 3.8) is 0 Å². The molecule has 0 aliphatic carbocycles. The Labute approximate surface area is 793 Å². The molecule has 1 amide bonds. The van der Waals surface area contributed by atoms with Crippen LogP contribution in [0, 0.1) is 47.4 Å². The van der Waals surface area contributed by atoms with Gasteiger partial charge in [-0.05, 0) is 181 Å². The summed E-state index contributed by atoms with van der Waals surface area (Å²) in [6, 6.07) is 79.9. The highest BCUT2D eigenvalue weighted by Gasteiger charge is 2.45. The van der Waals surface area contributed by atoms with Crippen LogP contribution in [-0.2, 0) is 47.3 Å². The van der Waals surface area contributed by atoms with Gasteiger partial charge < -0.3 is 21.3 Å². The summed E-state index contributed by atoms with van der Waals surface area (Å²) >= 11 is 0. The Balaban J connectivity index is 0.000000114. The number of hydrogen-bond donors (Lipinski definition) is 4. The first-order valence-corrected chi connectivity index (χ1v) is 45.0. The molecule has 139 heavy (non-hydrogen) atoms. The Kier molecular flexibility index (Phi) is 23.4. The van der Waals surface area contributed by atoms with Crippen LogP contribution >= 0.6 is 0 Å². The highest BCUT2D eigenvalue weighted by Crippen LogP contribution is 2.40. The van der Waals surface area contributed by atoms with Crippen LogP contribution in [0.1, 0.15) is 80.8 Å². The molecule has 0 spiro atoms. The first kappa shape index (κ1) is 88.8. The van der Waals surface area contributed by atoms with Gasteiger partial charge in [0.05, 0.1) is 55.3 Å². The SMILES string of the molecule is Cc1ccc(Nc2c3c(nn2Cc2ccc(C)nc2)N2CC(C)(C)N=C2N(C)C3=O)cc1.Cc1cccc(-c2ccc(Cn3nc4c(c3Nc3ccccc3)c(=O)n(C)c3nnc(C)n43)cc2)n1.Cc1cccc(-c2ccc(Cn3nc4c(c3Nc3ccccc3)c(=O)n(C)c3nncn43)cc2)n1.Cc1nnc2n(C)c(=O)c3c(Nc4ccc(F)cc4)n(Cc4ccc(-c5ccccn5)cc4)nc3n12. The lowest BCUT2D eigenvalue weighted by atomic mass is 10.1. The van der Waals surface area contributed by atoms with Crippen molar-refractivity contribution in [2.75, 3.05) is 39.8 Å². The van der Waals surface area contributed by atoms with Gasteiger partial charge in [0.2, 0.25) is 23.3 Å². The van der Waals surface area contributed by atoms with Gasteiger partial charge in [0.25, 0.3) is 22.6 Å². The van der Waals surface area contributed by atoms with E-state index in [2.05, 4.69) is 141 Å². The number of aryl methyl sites for hydroxylation is 9. The summed E-state index contributed by atoms with van der Waals surface area (Å²) in [7, 11) is 6.82. The van der Waals surface area contributed by atoms with Crippen LogP contribution in [-0.4, -0.2) is 152 Å². The number of aliphatic imine (C=N–C) groups is 1. The van der Waals surface area contributed by atoms with E-state index in [0.717, 1.165) is 90.2 Å². The van der Waals surface area contributed by atoms with Crippen LogP contribution in [0.4, 0.5) is 56.2 Å². The van der Waals surface area contributed by atoms with Gasteiger partial charge in [-0.2, -0.15) is 20.4 Å². The van der Waals surface area contributed by atoms with Gasteiger partial charge in [-0.3, -0.25) is 62.6 Å². The van der Waals surface area contributed by atoms with E-state index in [1.807, 2.05) is 240 Å². The number of aromatic nitrogens is 24. The maximum absolute atomic E-state index is 13.5. The lowest BCUT2D eigenvalue weighted by Gasteiger charge is -2.30. The number of amides is 1. The quantitative estimate of drug-likeness (QED) is 0.0584. The zero-order valence-corrected chi connectivity index (χ0v) is 78.0. The second kappa shape index (κ2) is 36.7. The van der Waals surface area contributed by atoms with Crippen molar-refractivity contribution in [1.29, 1.82) is 0 Å². The molecular formula is C103H94FN31O4. The van der Waals surface area contributed by atoms with E-state index in [1.165, 1.54) is 31.4 Å². The maximum Gasteiger partial charge on any atom is 0.268 e. The summed E-state index contributed by atoms with van der Waals surface area (Å²) in [5.41, 5.74) is 18.4. The molecule has 2 aliphatic rings. The highest BCUT2D eigenvalue weighted by atomic mass is 19.1. The van der Waals surface area contributed by atoms with Gasteiger partial charge in [-0.25, -0.2) is 41.3 Å². The molecule has 0 saturated carbocycles. The minimum atomic E-state index is -0.343. The molecule has 0 fully saturated rings. The molecule has 14 aromatic heterocycles. The van der Waals surface area contributed by atoms with Gasteiger partial charge >= 0.3 is 0 Å². The van der Waals surface area contributed by atoms with Crippen LogP contribution in [0.15, 0.2) is 287 Å². The van der Waals surface area contributed by atoms with Gasteiger partial charge in [0.1, 0.15) is 68.8 Å². The van der Waals surface area contributed by atoms with Crippen molar-refractivity contribution < 1.29 is 9.18 Å². The summed E-state index contributed by atoms with van der Waals surface area (Å²) in [6.45, 7) is 18.3. The van der Waals surface area contributed by atoms with Gasteiger partial charge in [0.15, 0.2) is 22.8 Å². The molecule has 23 rings (SSSR count). The maximum atomic E-state index is 13.5. The van der Waals surface area contributed by atoms with Crippen molar-refractivity contribution in [3.8, 4) is 33.8 Å². The van der Waals surface area contributed by atoms with Crippen molar-refractivity contribution in [3.05, 3.63) is 366 Å². The normalized spacial score (nSPS) is 12.6. The molecule has 7 aromatic carbocycles. The van der Waals surface area contributed by atoms with Crippen LogP contribution in [0.2, 0.25) is 0 Å². The number of pyridine rings is 4. The smallest absolute Gasteiger partial charge is 0.268 e. The van der Waals surface area contributed by atoms with E-state index in [1.54, 1.807) is 71.2 Å². The third-order valence-electron chi connectivity index (χ3n) is 24.2. The van der Waals surface area contributed by atoms with Crippen molar-refractivity contribution in [1.82, 2.24) is 121 Å². The lowest BCUT2D eigenvalue weighted by molar-refractivity contribution is 0.0866. The predicted molar refractivity (Wildman–Crippen MR) is 535 cm³/mol. The number of carbonyl (C=O) groups is 1. The van der Waals surface area contributed by atoms with Gasteiger partial charge in [-0.1, -0.05) is 151 Å². The van der Waals surface area contributed by atoms with Gasteiger partial charge in [-0.15, -0.1) is 30.6 Å². The third kappa shape index (κ3) is 17.6. The molecule has 0 atom stereocenters. The Morgan fingerprint density at radius 1 is 0.388 bits per heavy atom. The van der Waals surface area contributed by atoms with Crippen LogP contribution in [0.5, 0.6) is 0 Å². The number of anilines is 9. The molecule has 692 valence electrons. The number of hydrogen-bond acceptors (Lipinski definition) is 24. The number of nitrogens with zero attached hydrogens (tertiary/aromatic N) is 27. The molecule has 36 heteroatoms. The average Bonchev–Trinajstić information content (AvgIpc) is 1.58. The molecule has 35 nitrogen and oxygen atoms in total. The molecule has 0 radical (unpaired) electrons. The molecule has 21 aromatic rings. The van der Waals surface area contributed by atoms with E-state index in [9.17, 15) is 23.6 Å². The number of halogens is 1. The van der Waals surface area contributed by atoms with E-state index in [-0.39, 0.29) is 33.9 Å². The van der Waals surface area contributed by atoms with Crippen molar-refractivity contribution >= 4 is 114 Å². The van der Waals surface area contributed by atoms with Gasteiger partial charge in [0, 0.05) is 97.1 Å². The van der Waals surface area contributed by atoms with Crippen LogP contribution < -0.4 is 42.8 Å². The zero-order valence-electron chi connectivity index (χ0n) is 78.0. The number of fused-ring (bicyclic) bond motifs is 12. The third-order valence-corrected chi connectivity index (χ3v) is 24.2. The van der Waals surface area contributed by atoms with Crippen molar-refractivity contribution in [2.45, 2.75) is 87.1 Å². The molecule has 0 unspecified atom stereocenters. The summed E-state index contributed by atoms with van der Waals surface area (Å²) in [5, 5.41) is 59.0. The first-order chi connectivity index (χ1) is 67.3. The fourth-order valence-electron chi connectivity index (χ4n) is 17.1. The van der Waals surface area contributed by atoms with E-state index in [4.69, 9.17) is 25.4 Å². The lowest BCUT2D eigenvalue weighted by Crippen LogP contribution is -2.48. The number of para-hydroxylation sites is 2. The molecule has 2 aliphatic heterocycles. The van der Waals surface area contributed by atoms with Crippen molar-refractivity contribution in [2.24, 2.45) is 26.1 Å². The average molecular weight is 1850 g/mol. The number of carbonyl (C=O) groups excluding carboxylic acids is 1. The predicted octanol–water partition coefficient (Wildman–Crippen LogP) is 16.0. The molecule has 16 heterocycles. The zero-order chi connectivity index (χ0) is 96.2. The monoisotopic (exact) mass is 1850 g/mol. The minimum Gasteiger partial charge on any atom is -0.340 e. The molecular weight excluding hydrogens is 1750 g/mol. The van der Waals surface area contributed by atoms with E-state index >= 15 is 0 Å². The van der Waals surface area contributed by atoms with E-state index < -0.39 is 0 Å². The minimum absolute atomic E-state index is 0.115. The largest absolute Gasteiger partial charge is 0.340 e. The standard InChI is InChI=1S/C27H24N8O.C26H21FN8O.C26H22N8O.C24H27N7O/c1-17-8-7-11-22(28-17)20-14-12-19(13-15-20)16-34-24(29-21-9-5-4-6-10-21)23-25(32-34)35-18(2)30-31-27(35)33(3)26(23)36;1-16-30-31-26-33(2)25(36)22-23(29-20-12-10-19(27)11-13-20)34(32-24(22)35(16)26)15-17-6-8-18(9-7-17)21-5-3-4-14-28-21;1-17-7-6-10-21(28-17)19-13-11-18(12-14-19)15-34-23(29-20-8-4-3-5-9-20)22-24(31-34)33-16-27-30-26(33)32(2)25(22)35;1-15-6-10-18(11-7-15)26-20-19-21(28-31(20)13-17-9-8-16(2)25-12-17)30-14-24(3,4)27-23(30)29(5)22(19)32/h4-15,29H,16H2,1-3H3;3-14,29H,15H2,1-2H3;3-14,16,29H,15H2,1-2H3;6-12,26H,13-14H2,1-5H3. The summed E-state index contributed by atoms with van der Waals surface area (Å²) in [4.78, 5) is 80.1. The summed E-state index contributed by atoms with van der Waals surface area (Å²) in [6.07, 6.45) is 5.19. The second-order valence-corrected chi connectivity index (χ2v) is 34.9. The number of benzene rings is 7. The van der Waals surface area contributed by atoms with Crippen LogP contribution in [0.25, 0.3) is 84.2 Å². The molecule has 0 bridgehead atoms. The Bertz CT molecular complexity index is 8470. The molecule has 4 N–H and O–H groups in total. The highest BCUT2D eigenvalue weighted by molar-refractivity contribution is 6.21. The Morgan fingerprint density at radius 2 is 0.813 bits per heavy atom. The fraction of sp³-hybridized carbons (Fsp3) is 0.175. The number of guanidine groups is 1. The number of rotatable bonds is 19. The summed E-state index contributed by atoms with van der Waals surface area (Å²) < 4.78 is 30.5. The Morgan fingerprint density at radius 3 is 1.29 bits per heavy atom. The van der Waals surface area contributed by atoms with E-state index in [0.29, 0.717) is 141 Å². The fourth-order valence-corrected chi connectivity index (χ4v) is 17.1.